The fourth-order valence-electron chi connectivity index (χ4n) is 3.58. The highest BCUT2D eigenvalue weighted by molar-refractivity contribution is 5.95. The molecule has 0 radical (unpaired) electrons. The highest BCUT2D eigenvalue weighted by Crippen LogP contribution is 2.36. The number of hydrogen-bond acceptors (Lipinski definition) is 5. The summed E-state index contributed by atoms with van der Waals surface area (Å²) < 4.78 is 5.23. The first kappa shape index (κ1) is 20.3. The molecule has 2 amide bonds. The van der Waals surface area contributed by atoms with Crippen LogP contribution in [0.2, 0.25) is 0 Å². The van der Waals surface area contributed by atoms with E-state index < -0.39 is 6.10 Å². The Labute approximate surface area is 165 Å². The topological polar surface area (TPSA) is 91.8 Å². The van der Waals surface area contributed by atoms with Crippen molar-refractivity contribution in [2.45, 2.75) is 51.7 Å². The molecule has 2 fully saturated rings. The number of β-amino-alcohol motifs (C(OH)–C–C–N with tert-alkyl or cyclic N) is 1. The minimum absolute atomic E-state index is 0.0579. The Morgan fingerprint density at radius 3 is 2.75 bits per heavy atom. The lowest BCUT2D eigenvalue weighted by atomic mass is 10.1. The summed E-state index contributed by atoms with van der Waals surface area (Å²) in [6, 6.07) is 3.26. The maximum absolute atomic E-state index is 12.7. The van der Waals surface area contributed by atoms with Gasteiger partial charge in [-0.2, -0.15) is 0 Å². The molecule has 1 aliphatic heterocycles. The first-order chi connectivity index (χ1) is 13.4. The molecule has 2 atom stereocenters. The Kier molecular flexibility index (Phi) is 6.34. The second-order valence-electron chi connectivity index (χ2n) is 7.80. The number of aliphatic hydroxyl groups excluding tert-OH is 1. The predicted octanol–water partition coefficient (Wildman–Crippen LogP) is 1.84. The molecule has 0 spiro atoms. The largest absolute Gasteiger partial charge is 0.494 e. The van der Waals surface area contributed by atoms with Crippen molar-refractivity contribution in [2.24, 2.45) is 5.92 Å². The molecule has 0 bridgehead atoms. The molecule has 2 heterocycles. The number of pyridine rings is 1. The van der Waals surface area contributed by atoms with Gasteiger partial charge in [-0.05, 0) is 57.6 Å². The van der Waals surface area contributed by atoms with E-state index in [1.165, 1.54) is 7.11 Å². The third kappa shape index (κ3) is 5.10. The Balaban J connectivity index is 1.63. The lowest BCUT2D eigenvalue weighted by Gasteiger charge is -2.20. The zero-order valence-corrected chi connectivity index (χ0v) is 16.8. The van der Waals surface area contributed by atoms with Crippen molar-refractivity contribution >= 4 is 11.8 Å². The van der Waals surface area contributed by atoms with Crippen molar-refractivity contribution in [1.82, 2.24) is 15.2 Å². The lowest BCUT2D eigenvalue weighted by molar-refractivity contribution is -0.127. The monoisotopic (exact) mass is 387 g/mol. The quantitative estimate of drug-likeness (QED) is 0.752. The van der Waals surface area contributed by atoms with E-state index in [9.17, 15) is 14.7 Å². The van der Waals surface area contributed by atoms with Gasteiger partial charge in [0.15, 0.2) is 5.69 Å². The van der Waals surface area contributed by atoms with Gasteiger partial charge >= 0.3 is 0 Å². The van der Waals surface area contributed by atoms with Crippen molar-refractivity contribution in [3.63, 3.8) is 0 Å². The predicted molar refractivity (Wildman–Crippen MR) is 105 cm³/mol. The van der Waals surface area contributed by atoms with Gasteiger partial charge in [-0.25, -0.2) is 4.98 Å². The van der Waals surface area contributed by atoms with Gasteiger partial charge in [0.25, 0.3) is 5.91 Å². The third-order valence-corrected chi connectivity index (χ3v) is 5.39. The molecule has 7 nitrogen and oxygen atoms in total. The van der Waals surface area contributed by atoms with Crippen LogP contribution >= 0.6 is 0 Å². The first-order valence-corrected chi connectivity index (χ1v) is 9.85. The Morgan fingerprint density at radius 1 is 1.32 bits per heavy atom. The van der Waals surface area contributed by atoms with E-state index in [4.69, 9.17) is 4.74 Å². The van der Waals surface area contributed by atoms with Crippen LogP contribution in [0.25, 0.3) is 0 Å². The molecule has 0 unspecified atom stereocenters. The number of aliphatic hydroxyl groups is 1. The van der Waals surface area contributed by atoms with Crippen molar-refractivity contribution < 1.29 is 19.4 Å². The van der Waals surface area contributed by atoms with Crippen LogP contribution in [-0.4, -0.2) is 59.1 Å². The number of rotatable bonds is 5. The van der Waals surface area contributed by atoms with Gasteiger partial charge in [-0.15, -0.1) is 0 Å². The van der Waals surface area contributed by atoms with Crippen LogP contribution in [0.4, 0.5) is 0 Å². The number of methoxy groups -OCH3 is 1. The standard InChI is InChI=1S/C21H29N3O4/c1-13(15-5-6-15)10-19(26)24-9-8-16(11-17(25)12-24)23-21(27)20-18(28-3)7-4-14(2)22-20/h4,7,10,15-17,25H,5-6,8-9,11-12H2,1-3H3,(H,23,27)/b13-10+/t16-,17-/m1/s1. The number of ether oxygens (including phenoxy) is 1. The fraction of sp³-hybridized carbons (Fsp3) is 0.571. The van der Waals surface area contributed by atoms with E-state index in [1.807, 2.05) is 13.8 Å². The van der Waals surface area contributed by atoms with Gasteiger partial charge in [0, 0.05) is 30.9 Å². The maximum Gasteiger partial charge on any atom is 0.273 e. The second-order valence-corrected chi connectivity index (χ2v) is 7.80. The summed E-state index contributed by atoms with van der Waals surface area (Å²) in [5.41, 5.74) is 2.07. The van der Waals surface area contributed by atoms with E-state index >= 15 is 0 Å². The molecule has 3 rings (SSSR count). The summed E-state index contributed by atoms with van der Waals surface area (Å²) >= 11 is 0. The molecule has 28 heavy (non-hydrogen) atoms. The molecule has 1 saturated carbocycles. The van der Waals surface area contributed by atoms with E-state index in [0.717, 1.165) is 24.1 Å². The number of likely N-dealkylation sites (tertiary alicyclic amines) is 1. The van der Waals surface area contributed by atoms with Crippen LogP contribution in [0.5, 0.6) is 5.75 Å². The average Bonchev–Trinajstić information content (AvgIpc) is 3.50. The first-order valence-electron chi connectivity index (χ1n) is 9.85. The molecule has 2 N–H and O–H groups in total. The number of carbonyl (C=O) groups excluding carboxylic acids is 2. The summed E-state index contributed by atoms with van der Waals surface area (Å²) in [7, 11) is 1.50. The molecule has 1 aromatic heterocycles. The maximum atomic E-state index is 12.7. The summed E-state index contributed by atoms with van der Waals surface area (Å²) in [6.07, 6.45) is 4.31. The second kappa shape index (κ2) is 8.73. The van der Waals surface area contributed by atoms with Crippen molar-refractivity contribution in [3.8, 4) is 5.75 Å². The fourth-order valence-corrected chi connectivity index (χ4v) is 3.58. The normalized spacial score (nSPS) is 23.1. The number of aromatic nitrogens is 1. The molecule has 2 aliphatic rings. The summed E-state index contributed by atoms with van der Waals surface area (Å²) in [5, 5.41) is 13.3. The van der Waals surface area contributed by atoms with Crippen LogP contribution in [0.3, 0.4) is 0 Å². The summed E-state index contributed by atoms with van der Waals surface area (Å²) in [5.74, 6) is 0.568. The van der Waals surface area contributed by atoms with Crippen LogP contribution in [0, 0.1) is 12.8 Å². The molecule has 7 heteroatoms. The van der Waals surface area contributed by atoms with Gasteiger partial charge in [-0.3, -0.25) is 9.59 Å². The van der Waals surface area contributed by atoms with Crippen molar-refractivity contribution in [2.75, 3.05) is 20.2 Å². The van der Waals surface area contributed by atoms with E-state index in [0.29, 0.717) is 31.1 Å². The van der Waals surface area contributed by atoms with Crippen molar-refractivity contribution in [1.29, 1.82) is 0 Å². The summed E-state index contributed by atoms with van der Waals surface area (Å²) in [4.78, 5) is 31.2. The zero-order chi connectivity index (χ0) is 20.3. The van der Waals surface area contributed by atoms with E-state index in [-0.39, 0.29) is 30.1 Å². The number of allylic oxidation sites excluding steroid dienone is 1. The van der Waals surface area contributed by atoms with E-state index in [1.54, 1.807) is 23.1 Å². The smallest absolute Gasteiger partial charge is 0.273 e. The molecule has 1 aromatic rings. The molecular formula is C21H29N3O4. The molecule has 152 valence electrons. The van der Waals surface area contributed by atoms with Gasteiger partial charge in [-0.1, -0.05) is 5.57 Å². The molecule has 1 saturated heterocycles. The average molecular weight is 387 g/mol. The van der Waals surface area contributed by atoms with Gasteiger partial charge in [0.05, 0.1) is 13.2 Å². The molecule has 1 aliphatic carbocycles. The Hall–Kier alpha value is -2.41. The number of nitrogens with zero attached hydrogens (tertiary/aromatic N) is 2. The minimum Gasteiger partial charge on any atom is -0.494 e. The van der Waals surface area contributed by atoms with Crippen LogP contribution < -0.4 is 10.1 Å². The van der Waals surface area contributed by atoms with Gasteiger partial charge in [0.1, 0.15) is 5.75 Å². The highest BCUT2D eigenvalue weighted by Gasteiger charge is 2.29. The van der Waals surface area contributed by atoms with Gasteiger partial charge < -0.3 is 20.1 Å². The SMILES string of the molecule is COc1ccc(C)nc1C(=O)N[C@@H]1CCN(C(=O)/C=C(\C)C2CC2)C[C@H](O)C1. The number of amides is 2. The zero-order valence-electron chi connectivity index (χ0n) is 16.8. The molecule has 0 aromatic carbocycles. The third-order valence-electron chi connectivity index (χ3n) is 5.39. The minimum atomic E-state index is -0.682. The Morgan fingerprint density at radius 2 is 2.07 bits per heavy atom. The van der Waals surface area contributed by atoms with Crippen LogP contribution in [-0.2, 0) is 4.79 Å². The van der Waals surface area contributed by atoms with Crippen LogP contribution in [0.1, 0.15) is 48.8 Å². The summed E-state index contributed by atoms with van der Waals surface area (Å²) in [6.45, 7) is 4.58. The van der Waals surface area contributed by atoms with Crippen LogP contribution in [0.15, 0.2) is 23.8 Å². The number of aryl methyl sites for hydroxylation is 1. The highest BCUT2D eigenvalue weighted by atomic mass is 16.5. The number of carbonyl (C=O) groups is 2. The van der Waals surface area contributed by atoms with E-state index in [2.05, 4.69) is 10.3 Å². The van der Waals surface area contributed by atoms with Crippen molar-refractivity contribution in [3.05, 3.63) is 35.2 Å². The molecular weight excluding hydrogens is 358 g/mol. The Bertz CT molecular complexity index is 773. The number of nitrogens with one attached hydrogen (secondary N) is 1. The number of hydrogen-bond donors (Lipinski definition) is 2. The van der Waals surface area contributed by atoms with Gasteiger partial charge in [0.2, 0.25) is 5.91 Å². The lowest BCUT2D eigenvalue weighted by Crippen LogP contribution is -2.37.